The highest BCUT2D eigenvalue weighted by Crippen LogP contribution is 2.29. The fraction of sp³-hybridized carbons (Fsp3) is 0.316. The lowest BCUT2D eigenvalue weighted by molar-refractivity contribution is -0.384. The maximum atomic E-state index is 12.9. The van der Waals surface area contributed by atoms with Gasteiger partial charge >= 0.3 is 0 Å². The molecule has 2 aromatic rings. The van der Waals surface area contributed by atoms with Crippen molar-refractivity contribution in [2.24, 2.45) is 0 Å². The lowest BCUT2D eigenvalue weighted by Crippen LogP contribution is -2.45. The van der Waals surface area contributed by atoms with Crippen molar-refractivity contribution in [3.8, 4) is 0 Å². The number of hydrogen-bond donors (Lipinski definition) is 0. The third-order valence-electron chi connectivity index (χ3n) is 4.83. The average molecular weight is 374 g/mol. The third-order valence-corrected chi connectivity index (χ3v) is 5.20. The number of carbonyl (C=O) groups is 1. The Balaban J connectivity index is 1.74. The van der Waals surface area contributed by atoms with Gasteiger partial charge in [0.15, 0.2) is 0 Å². The molecule has 136 valence electrons. The lowest BCUT2D eigenvalue weighted by Gasteiger charge is -2.28. The number of hydrogen-bond acceptors (Lipinski definition) is 4. The van der Waals surface area contributed by atoms with E-state index in [1.54, 1.807) is 0 Å². The maximum absolute atomic E-state index is 12.9. The molecule has 1 amide bonds. The van der Waals surface area contributed by atoms with Crippen LogP contribution < -0.4 is 4.90 Å². The monoisotopic (exact) mass is 373 g/mol. The smallest absolute Gasteiger partial charge is 0.269 e. The van der Waals surface area contributed by atoms with Gasteiger partial charge in [0.1, 0.15) is 0 Å². The summed E-state index contributed by atoms with van der Waals surface area (Å²) < 4.78 is 0. The molecule has 7 heteroatoms. The molecular weight excluding hydrogens is 354 g/mol. The molecular formula is C19H20ClN3O3. The molecule has 1 aliphatic rings. The molecule has 3 rings (SSSR count). The van der Waals surface area contributed by atoms with Gasteiger partial charge in [0, 0.05) is 35.9 Å². The van der Waals surface area contributed by atoms with Crippen molar-refractivity contribution in [2.75, 3.05) is 18.5 Å². The normalized spacial score (nSPS) is 14.4. The van der Waals surface area contributed by atoms with Crippen LogP contribution in [0.5, 0.6) is 0 Å². The van der Waals surface area contributed by atoms with Crippen molar-refractivity contribution in [1.82, 2.24) is 4.90 Å². The highest BCUT2D eigenvalue weighted by molar-refractivity contribution is 6.31. The number of nitro benzene ring substituents is 1. The predicted molar refractivity (Wildman–Crippen MR) is 102 cm³/mol. The van der Waals surface area contributed by atoms with Gasteiger partial charge < -0.3 is 4.90 Å². The van der Waals surface area contributed by atoms with Gasteiger partial charge in [-0.2, -0.15) is 0 Å². The van der Waals surface area contributed by atoms with E-state index >= 15 is 0 Å². The summed E-state index contributed by atoms with van der Waals surface area (Å²) in [6.45, 7) is 2.87. The molecule has 0 saturated heterocycles. The van der Waals surface area contributed by atoms with E-state index < -0.39 is 4.92 Å². The van der Waals surface area contributed by atoms with E-state index in [2.05, 4.69) is 0 Å². The van der Waals surface area contributed by atoms with Crippen molar-refractivity contribution in [3.05, 3.63) is 68.7 Å². The molecule has 2 aromatic carbocycles. The van der Waals surface area contributed by atoms with Crippen LogP contribution in [0.4, 0.5) is 11.4 Å². The molecule has 0 bridgehead atoms. The van der Waals surface area contributed by atoms with Crippen molar-refractivity contribution in [1.29, 1.82) is 0 Å². The number of para-hydroxylation sites is 1. The molecule has 0 N–H and O–H groups in total. The van der Waals surface area contributed by atoms with Gasteiger partial charge in [-0.3, -0.25) is 19.8 Å². The SMILES string of the molecule is CC(C(=O)N1CCc2ccccc21)N(C)Cc1cc([N+](=O)[O-])ccc1Cl. The number of rotatable bonds is 5. The third kappa shape index (κ3) is 3.57. The van der Waals surface area contributed by atoms with Crippen molar-refractivity contribution >= 4 is 28.9 Å². The van der Waals surface area contributed by atoms with Crippen molar-refractivity contribution in [2.45, 2.75) is 25.9 Å². The number of halogens is 1. The van der Waals surface area contributed by atoms with E-state index in [0.29, 0.717) is 23.7 Å². The number of benzene rings is 2. The molecule has 0 saturated carbocycles. The van der Waals surface area contributed by atoms with Crippen LogP contribution in [-0.2, 0) is 17.8 Å². The summed E-state index contributed by atoms with van der Waals surface area (Å²) in [6, 6.07) is 11.9. The zero-order chi connectivity index (χ0) is 18.8. The van der Waals surface area contributed by atoms with Gasteiger partial charge in [-0.05, 0) is 43.7 Å². The van der Waals surface area contributed by atoms with Crippen LogP contribution in [0.2, 0.25) is 5.02 Å². The molecule has 0 aliphatic carbocycles. The summed E-state index contributed by atoms with van der Waals surface area (Å²) in [4.78, 5) is 27.1. The number of nitro groups is 1. The van der Waals surface area contributed by atoms with E-state index in [0.717, 1.165) is 12.1 Å². The second-order valence-electron chi connectivity index (χ2n) is 6.49. The van der Waals surface area contributed by atoms with Gasteiger partial charge in [0.2, 0.25) is 5.91 Å². The Kier molecular flexibility index (Phi) is 5.25. The van der Waals surface area contributed by atoms with Gasteiger partial charge in [-0.1, -0.05) is 29.8 Å². The zero-order valence-electron chi connectivity index (χ0n) is 14.7. The predicted octanol–water partition coefficient (Wildman–Crippen LogP) is 3.66. The number of amides is 1. The number of anilines is 1. The molecule has 1 unspecified atom stereocenters. The van der Waals surface area contributed by atoms with Gasteiger partial charge in [-0.15, -0.1) is 0 Å². The first-order valence-corrected chi connectivity index (χ1v) is 8.78. The van der Waals surface area contributed by atoms with Crippen molar-refractivity contribution in [3.63, 3.8) is 0 Å². The fourth-order valence-corrected chi connectivity index (χ4v) is 3.36. The Morgan fingerprint density at radius 2 is 2.08 bits per heavy atom. The first kappa shape index (κ1) is 18.4. The van der Waals surface area contributed by atoms with Gasteiger partial charge in [0.25, 0.3) is 5.69 Å². The highest BCUT2D eigenvalue weighted by Gasteiger charge is 2.29. The first-order chi connectivity index (χ1) is 12.4. The average Bonchev–Trinajstić information content (AvgIpc) is 3.06. The number of carbonyl (C=O) groups excluding carboxylic acids is 1. The Labute approximate surface area is 157 Å². The van der Waals surface area contributed by atoms with E-state index in [1.165, 1.54) is 23.8 Å². The highest BCUT2D eigenvalue weighted by atomic mass is 35.5. The van der Waals surface area contributed by atoms with Crippen LogP contribution >= 0.6 is 11.6 Å². The van der Waals surface area contributed by atoms with E-state index in [-0.39, 0.29) is 17.6 Å². The van der Waals surface area contributed by atoms with E-state index in [4.69, 9.17) is 11.6 Å². The van der Waals surface area contributed by atoms with Crippen LogP contribution in [0.3, 0.4) is 0 Å². The largest absolute Gasteiger partial charge is 0.310 e. The summed E-state index contributed by atoms with van der Waals surface area (Å²) in [7, 11) is 1.82. The van der Waals surface area contributed by atoms with E-state index in [9.17, 15) is 14.9 Å². The fourth-order valence-electron chi connectivity index (χ4n) is 3.18. The summed E-state index contributed by atoms with van der Waals surface area (Å²) in [5, 5.41) is 11.4. The summed E-state index contributed by atoms with van der Waals surface area (Å²) >= 11 is 6.18. The molecule has 0 radical (unpaired) electrons. The summed E-state index contributed by atoms with van der Waals surface area (Å²) in [5.41, 5.74) is 2.76. The zero-order valence-corrected chi connectivity index (χ0v) is 15.4. The summed E-state index contributed by atoms with van der Waals surface area (Å²) in [6.07, 6.45) is 0.856. The van der Waals surface area contributed by atoms with Crippen LogP contribution in [-0.4, -0.2) is 35.4 Å². The summed E-state index contributed by atoms with van der Waals surface area (Å²) in [5.74, 6) is 0.0130. The molecule has 26 heavy (non-hydrogen) atoms. The molecule has 0 fully saturated rings. The molecule has 1 heterocycles. The molecule has 0 spiro atoms. The maximum Gasteiger partial charge on any atom is 0.269 e. The first-order valence-electron chi connectivity index (χ1n) is 8.41. The number of nitrogens with zero attached hydrogens (tertiary/aromatic N) is 3. The Bertz CT molecular complexity index is 856. The van der Waals surface area contributed by atoms with Crippen LogP contribution in [0.1, 0.15) is 18.1 Å². The molecule has 1 aliphatic heterocycles. The molecule has 0 aromatic heterocycles. The standard InChI is InChI=1S/C19H20ClN3O3/c1-13(19(24)22-10-9-14-5-3-4-6-18(14)22)21(2)12-15-11-16(23(25)26)7-8-17(15)20/h3-8,11,13H,9-10,12H2,1-2H3. The number of non-ortho nitro benzene ring substituents is 1. The van der Waals surface area contributed by atoms with Crippen LogP contribution in [0, 0.1) is 10.1 Å². The molecule has 1 atom stereocenters. The minimum Gasteiger partial charge on any atom is -0.310 e. The minimum absolute atomic E-state index is 0.00903. The van der Waals surface area contributed by atoms with Crippen LogP contribution in [0.25, 0.3) is 0 Å². The topological polar surface area (TPSA) is 66.7 Å². The minimum atomic E-state index is -0.449. The number of fused-ring (bicyclic) bond motifs is 1. The van der Waals surface area contributed by atoms with Crippen LogP contribution in [0.15, 0.2) is 42.5 Å². The lowest BCUT2D eigenvalue weighted by atomic mass is 10.1. The Morgan fingerprint density at radius 1 is 1.35 bits per heavy atom. The number of likely N-dealkylation sites (N-methyl/N-ethyl adjacent to an activating group) is 1. The second-order valence-corrected chi connectivity index (χ2v) is 6.90. The molecule has 6 nitrogen and oxygen atoms in total. The van der Waals surface area contributed by atoms with Crippen molar-refractivity contribution < 1.29 is 9.72 Å². The van der Waals surface area contributed by atoms with Gasteiger partial charge in [0.05, 0.1) is 11.0 Å². The van der Waals surface area contributed by atoms with Gasteiger partial charge in [-0.25, -0.2) is 0 Å². The van der Waals surface area contributed by atoms with E-state index in [1.807, 2.05) is 48.0 Å². The Hall–Kier alpha value is -2.44. The second kappa shape index (κ2) is 7.43. The quantitative estimate of drug-likeness (QED) is 0.592. The Morgan fingerprint density at radius 3 is 2.81 bits per heavy atom.